The standard InChI is InChI=1S/C20H18BrN3O3/c1-26-15-7-6-11(8-16(15)27-2)9-24-10-14-17(20(24)25)18(22)12-4-3-5-13(21)19(12)23-14/h3-8,10,25H,9,22H2,1-2H3. The molecule has 0 atom stereocenters. The monoisotopic (exact) mass is 427 g/mol. The molecule has 138 valence electrons. The minimum Gasteiger partial charge on any atom is -0.494 e. The molecule has 0 aliphatic rings. The van der Waals surface area contributed by atoms with Gasteiger partial charge in [0, 0.05) is 16.1 Å². The fourth-order valence-corrected chi connectivity index (χ4v) is 3.73. The van der Waals surface area contributed by atoms with Crippen molar-refractivity contribution in [2.75, 3.05) is 20.0 Å². The Hall–Kier alpha value is -2.93. The molecule has 4 rings (SSSR count). The zero-order chi connectivity index (χ0) is 19.1. The SMILES string of the molecule is COc1ccc(Cn2cc3nc4c(Br)cccc4c(N)c3c2O)cc1OC. The highest BCUT2D eigenvalue weighted by Gasteiger charge is 2.17. The van der Waals surface area contributed by atoms with E-state index in [0.29, 0.717) is 34.6 Å². The number of aromatic nitrogens is 2. The first-order valence-corrected chi connectivity index (χ1v) is 9.09. The maximum absolute atomic E-state index is 10.8. The van der Waals surface area contributed by atoms with Gasteiger partial charge in [0.1, 0.15) is 0 Å². The number of ether oxygens (including phenoxy) is 2. The second-order valence-corrected chi connectivity index (χ2v) is 7.05. The molecule has 2 heterocycles. The van der Waals surface area contributed by atoms with Crippen LogP contribution >= 0.6 is 15.9 Å². The molecule has 0 fully saturated rings. The first-order valence-electron chi connectivity index (χ1n) is 8.30. The second kappa shape index (κ2) is 6.66. The molecule has 0 saturated carbocycles. The Balaban J connectivity index is 1.84. The van der Waals surface area contributed by atoms with Crippen molar-refractivity contribution in [3.63, 3.8) is 0 Å². The molecule has 4 aromatic rings. The van der Waals surface area contributed by atoms with E-state index in [9.17, 15) is 5.11 Å². The molecule has 2 aromatic carbocycles. The summed E-state index contributed by atoms with van der Waals surface area (Å²) in [7, 11) is 3.19. The largest absolute Gasteiger partial charge is 0.494 e. The van der Waals surface area contributed by atoms with E-state index in [-0.39, 0.29) is 5.88 Å². The summed E-state index contributed by atoms with van der Waals surface area (Å²) in [4.78, 5) is 4.67. The Morgan fingerprint density at radius 2 is 1.93 bits per heavy atom. The van der Waals surface area contributed by atoms with Crippen molar-refractivity contribution in [3.8, 4) is 17.4 Å². The van der Waals surface area contributed by atoms with Crippen molar-refractivity contribution in [3.05, 3.63) is 52.6 Å². The van der Waals surface area contributed by atoms with Crippen LogP contribution in [0.15, 0.2) is 47.1 Å². The topological polar surface area (TPSA) is 82.5 Å². The average Bonchev–Trinajstić information content (AvgIpc) is 2.98. The molecule has 0 saturated heterocycles. The van der Waals surface area contributed by atoms with Crippen LogP contribution in [0, 0.1) is 0 Å². The number of aromatic hydroxyl groups is 1. The molecular formula is C20H18BrN3O3. The van der Waals surface area contributed by atoms with Crippen LogP contribution < -0.4 is 15.2 Å². The van der Waals surface area contributed by atoms with Crippen molar-refractivity contribution < 1.29 is 14.6 Å². The Kier molecular flexibility index (Phi) is 4.31. The van der Waals surface area contributed by atoms with Gasteiger partial charge in [0.25, 0.3) is 0 Å². The molecule has 27 heavy (non-hydrogen) atoms. The highest BCUT2D eigenvalue weighted by Crippen LogP contribution is 2.38. The van der Waals surface area contributed by atoms with Crippen LogP contribution in [-0.2, 0) is 6.54 Å². The molecule has 6 nitrogen and oxygen atoms in total. The van der Waals surface area contributed by atoms with E-state index >= 15 is 0 Å². The van der Waals surface area contributed by atoms with Crippen molar-refractivity contribution in [1.82, 2.24) is 9.55 Å². The van der Waals surface area contributed by atoms with Crippen LogP contribution in [0.4, 0.5) is 5.69 Å². The Morgan fingerprint density at radius 1 is 1.15 bits per heavy atom. The summed E-state index contributed by atoms with van der Waals surface area (Å²) in [6.07, 6.45) is 1.80. The third-order valence-electron chi connectivity index (χ3n) is 4.61. The van der Waals surface area contributed by atoms with Gasteiger partial charge >= 0.3 is 0 Å². The first kappa shape index (κ1) is 17.5. The Bertz CT molecular complexity index is 1170. The van der Waals surface area contributed by atoms with Gasteiger partial charge in [-0.25, -0.2) is 4.98 Å². The van der Waals surface area contributed by atoms with E-state index in [1.165, 1.54) is 0 Å². The van der Waals surface area contributed by atoms with Gasteiger partial charge in [0.05, 0.1) is 42.9 Å². The smallest absolute Gasteiger partial charge is 0.203 e. The van der Waals surface area contributed by atoms with Crippen LogP contribution in [0.5, 0.6) is 17.4 Å². The van der Waals surface area contributed by atoms with E-state index in [1.807, 2.05) is 36.4 Å². The van der Waals surface area contributed by atoms with Gasteiger partial charge < -0.3 is 24.9 Å². The highest BCUT2D eigenvalue weighted by molar-refractivity contribution is 9.10. The Labute approximate surface area is 164 Å². The van der Waals surface area contributed by atoms with E-state index in [4.69, 9.17) is 15.2 Å². The fourth-order valence-electron chi connectivity index (χ4n) is 3.27. The van der Waals surface area contributed by atoms with Gasteiger partial charge in [-0.05, 0) is 39.7 Å². The number of nitrogen functional groups attached to an aromatic ring is 1. The summed E-state index contributed by atoms with van der Waals surface area (Å²) in [6.45, 7) is 0.444. The predicted octanol–water partition coefficient (Wildman–Crippen LogP) is 4.31. The molecule has 3 N–H and O–H groups in total. The number of hydrogen-bond donors (Lipinski definition) is 2. The summed E-state index contributed by atoms with van der Waals surface area (Å²) < 4.78 is 13.2. The van der Waals surface area contributed by atoms with Gasteiger partial charge in [0.2, 0.25) is 5.88 Å². The second-order valence-electron chi connectivity index (χ2n) is 6.19. The summed E-state index contributed by atoms with van der Waals surface area (Å²) in [5, 5.41) is 12.1. The molecular weight excluding hydrogens is 410 g/mol. The van der Waals surface area contributed by atoms with Gasteiger partial charge in [-0.15, -0.1) is 0 Å². The van der Waals surface area contributed by atoms with Crippen molar-refractivity contribution in [2.24, 2.45) is 0 Å². The van der Waals surface area contributed by atoms with Gasteiger partial charge in [-0.1, -0.05) is 18.2 Å². The summed E-state index contributed by atoms with van der Waals surface area (Å²) in [5.74, 6) is 1.38. The molecule has 0 bridgehead atoms. The maximum atomic E-state index is 10.8. The predicted molar refractivity (Wildman–Crippen MR) is 110 cm³/mol. The summed E-state index contributed by atoms with van der Waals surface area (Å²) in [6, 6.07) is 11.4. The number of anilines is 1. The number of nitrogens with zero attached hydrogens (tertiary/aromatic N) is 2. The molecule has 0 amide bonds. The zero-order valence-electron chi connectivity index (χ0n) is 14.9. The van der Waals surface area contributed by atoms with E-state index in [0.717, 1.165) is 20.9 Å². The molecule has 2 aromatic heterocycles. The first-order chi connectivity index (χ1) is 13.0. The van der Waals surface area contributed by atoms with E-state index < -0.39 is 0 Å². The van der Waals surface area contributed by atoms with Gasteiger partial charge in [-0.2, -0.15) is 0 Å². The molecule has 0 radical (unpaired) electrons. The summed E-state index contributed by atoms with van der Waals surface area (Å²) in [5.41, 5.74) is 9.22. The maximum Gasteiger partial charge on any atom is 0.203 e. The number of pyridine rings is 1. The van der Waals surface area contributed by atoms with Crippen molar-refractivity contribution in [1.29, 1.82) is 0 Å². The minimum atomic E-state index is 0.0895. The minimum absolute atomic E-state index is 0.0895. The highest BCUT2D eigenvalue weighted by atomic mass is 79.9. The lowest BCUT2D eigenvalue weighted by Crippen LogP contribution is -1.99. The van der Waals surface area contributed by atoms with Gasteiger partial charge in [-0.3, -0.25) is 0 Å². The third-order valence-corrected chi connectivity index (χ3v) is 5.25. The lowest BCUT2D eigenvalue weighted by Gasteiger charge is -2.10. The number of para-hydroxylation sites is 1. The fraction of sp³-hybridized carbons (Fsp3) is 0.150. The summed E-state index contributed by atoms with van der Waals surface area (Å²) >= 11 is 3.51. The number of nitrogens with two attached hydrogens (primary N) is 1. The van der Waals surface area contributed by atoms with Crippen LogP contribution in [0.25, 0.3) is 21.8 Å². The quantitative estimate of drug-likeness (QED) is 0.507. The molecule has 0 unspecified atom stereocenters. The van der Waals surface area contributed by atoms with Crippen molar-refractivity contribution in [2.45, 2.75) is 6.54 Å². The van der Waals surface area contributed by atoms with Crippen LogP contribution in [0.3, 0.4) is 0 Å². The van der Waals surface area contributed by atoms with E-state index in [2.05, 4.69) is 20.9 Å². The number of halogens is 1. The Morgan fingerprint density at radius 3 is 2.67 bits per heavy atom. The number of fused-ring (bicyclic) bond motifs is 2. The lowest BCUT2D eigenvalue weighted by atomic mass is 10.1. The number of benzene rings is 2. The van der Waals surface area contributed by atoms with Crippen molar-refractivity contribution >= 4 is 43.4 Å². The van der Waals surface area contributed by atoms with Gasteiger partial charge in [0.15, 0.2) is 11.5 Å². The normalized spacial score (nSPS) is 11.2. The molecule has 0 aliphatic carbocycles. The number of methoxy groups -OCH3 is 2. The molecule has 0 spiro atoms. The van der Waals surface area contributed by atoms with Crippen LogP contribution in [-0.4, -0.2) is 28.9 Å². The zero-order valence-corrected chi connectivity index (χ0v) is 16.4. The number of rotatable bonds is 4. The molecule has 0 aliphatic heterocycles. The lowest BCUT2D eigenvalue weighted by molar-refractivity contribution is 0.354. The number of hydrogen-bond acceptors (Lipinski definition) is 5. The average molecular weight is 428 g/mol. The third kappa shape index (κ3) is 2.84. The molecule has 7 heteroatoms. The van der Waals surface area contributed by atoms with E-state index in [1.54, 1.807) is 25.0 Å². The van der Waals surface area contributed by atoms with Crippen LogP contribution in [0.1, 0.15) is 5.56 Å². The van der Waals surface area contributed by atoms with Crippen LogP contribution in [0.2, 0.25) is 0 Å².